The molecular weight excluding hydrogens is 420 g/mol. The molecule has 3 atom stereocenters. The minimum absolute atomic E-state index is 0.103. The van der Waals surface area contributed by atoms with E-state index in [1.54, 1.807) is 12.1 Å². The maximum Gasteiger partial charge on any atom is 0.416 e. The molecule has 30 heavy (non-hydrogen) atoms. The fourth-order valence-electron chi connectivity index (χ4n) is 4.51. The van der Waals surface area contributed by atoms with E-state index < -0.39 is 21.8 Å². The van der Waals surface area contributed by atoms with E-state index in [-0.39, 0.29) is 35.1 Å². The number of benzene rings is 2. The van der Waals surface area contributed by atoms with Crippen molar-refractivity contribution in [1.29, 1.82) is 0 Å². The second-order valence-electron chi connectivity index (χ2n) is 7.96. The lowest BCUT2D eigenvalue weighted by Gasteiger charge is -2.22. The van der Waals surface area contributed by atoms with Crippen LogP contribution in [0.2, 0.25) is 0 Å². The lowest BCUT2D eigenvalue weighted by atomic mass is 9.97. The van der Waals surface area contributed by atoms with E-state index in [9.17, 15) is 26.0 Å². The molecule has 162 valence electrons. The van der Waals surface area contributed by atoms with Crippen LogP contribution in [0.25, 0.3) is 0 Å². The molecule has 4 nitrogen and oxygen atoms in total. The summed E-state index contributed by atoms with van der Waals surface area (Å²) in [5.74, 6) is -0.0202. The van der Waals surface area contributed by atoms with Gasteiger partial charge >= 0.3 is 6.18 Å². The van der Waals surface area contributed by atoms with E-state index in [0.29, 0.717) is 19.2 Å². The maximum absolute atomic E-state index is 13.0. The van der Waals surface area contributed by atoms with Crippen LogP contribution in [-0.4, -0.2) is 31.9 Å². The summed E-state index contributed by atoms with van der Waals surface area (Å²) in [5, 5.41) is 3.44. The number of fused-ring (bicyclic) bond motifs is 1. The molecule has 1 saturated carbocycles. The summed E-state index contributed by atoms with van der Waals surface area (Å²) in [6.07, 6.45) is -2.82. The van der Waals surface area contributed by atoms with E-state index in [1.165, 1.54) is 22.5 Å². The molecule has 2 fully saturated rings. The zero-order valence-electron chi connectivity index (χ0n) is 16.1. The summed E-state index contributed by atoms with van der Waals surface area (Å²) in [5.41, 5.74) is -0.0342. The van der Waals surface area contributed by atoms with E-state index >= 15 is 0 Å². The molecule has 1 aliphatic carbocycles. The summed E-state index contributed by atoms with van der Waals surface area (Å²) < 4.78 is 79.2. The lowest BCUT2D eigenvalue weighted by Crippen LogP contribution is -2.36. The molecule has 1 aliphatic heterocycles. The van der Waals surface area contributed by atoms with Crippen LogP contribution >= 0.6 is 0 Å². The second kappa shape index (κ2) is 7.94. The topological polar surface area (TPSA) is 49.4 Å². The minimum atomic E-state index is -4.59. The van der Waals surface area contributed by atoms with Gasteiger partial charge in [-0.3, -0.25) is 0 Å². The van der Waals surface area contributed by atoms with Crippen LogP contribution in [0.3, 0.4) is 0 Å². The summed E-state index contributed by atoms with van der Waals surface area (Å²) in [6, 6.07) is 10.2. The molecule has 1 saturated heterocycles. The Morgan fingerprint density at radius 2 is 1.77 bits per heavy atom. The third kappa shape index (κ3) is 4.24. The lowest BCUT2D eigenvalue weighted by molar-refractivity contribution is -0.137. The van der Waals surface area contributed by atoms with Crippen LogP contribution in [0.5, 0.6) is 0 Å². The van der Waals surface area contributed by atoms with Crippen LogP contribution in [-0.2, 0) is 22.7 Å². The summed E-state index contributed by atoms with van der Waals surface area (Å²) >= 11 is 0. The summed E-state index contributed by atoms with van der Waals surface area (Å²) in [7, 11) is -3.99. The maximum atomic E-state index is 13.0. The monoisotopic (exact) mass is 442 g/mol. The van der Waals surface area contributed by atoms with E-state index in [0.717, 1.165) is 30.5 Å². The van der Waals surface area contributed by atoms with Crippen molar-refractivity contribution in [2.75, 3.05) is 13.1 Å². The molecule has 2 aromatic rings. The molecule has 0 spiro atoms. The molecular formula is C21H22F4N2O2S. The highest BCUT2D eigenvalue weighted by Gasteiger charge is 2.46. The van der Waals surface area contributed by atoms with Crippen molar-refractivity contribution in [3.63, 3.8) is 0 Å². The number of alkyl halides is 3. The second-order valence-corrected chi connectivity index (χ2v) is 9.90. The Morgan fingerprint density at radius 1 is 1.03 bits per heavy atom. The van der Waals surface area contributed by atoms with Gasteiger partial charge in [0.1, 0.15) is 5.82 Å². The Balaban J connectivity index is 1.45. The van der Waals surface area contributed by atoms with Crippen molar-refractivity contribution in [3.05, 3.63) is 65.5 Å². The highest BCUT2D eigenvalue weighted by molar-refractivity contribution is 7.89. The average Bonchev–Trinajstić information content (AvgIpc) is 3.29. The zero-order valence-corrected chi connectivity index (χ0v) is 16.9. The van der Waals surface area contributed by atoms with Gasteiger partial charge in [-0.2, -0.15) is 17.5 Å². The number of nitrogens with one attached hydrogen (secondary N) is 1. The van der Waals surface area contributed by atoms with Crippen molar-refractivity contribution >= 4 is 10.0 Å². The molecule has 4 rings (SSSR count). The Kier molecular flexibility index (Phi) is 5.63. The fourth-order valence-corrected chi connectivity index (χ4v) is 6.09. The highest BCUT2D eigenvalue weighted by Crippen LogP contribution is 2.40. The van der Waals surface area contributed by atoms with Gasteiger partial charge in [0, 0.05) is 25.7 Å². The average molecular weight is 442 g/mol. The predicted octanol–water partition coefficient (Wildman–Crippen LogP) is 4.03. The normalized spacial score (nSPS) is 24.9. The summed E-state index contributed by atoms with van der Waals surface area (Å²) in [6.45, 7) is 1.15. The van der Waals surface area contributed by atoms with Crippen molar-refractivity contribution in [3.8, 4) is 0 Å². The molecule has 2 aliphatic rings. The van der Waals surface area contributed by atoms with E-state index in [4.69, 9.17) is 0 Å². The van der Waals surface area contributed by atoms with Crippen LogP contribution in [0, 0.1) is 17.7 Å². The van der Waals surface area contributed by atoms with Crippen molar-refractivity contribution in [2.24, 2.45) is 11.8 Å². The minimum Gasteiger partial charge on any atom is -0.310 e. The van der Waals surface area contributed by atoms with Gasteiger partial charge in [0.25, 0.3) is 0 Å². The quantitative estimate of drug-likeness (QED) is 0.712. The highest BCUT2D eigenvalue weighted by atomic mass is 32.2. The van der Waals surface area contributed by atoms with E-state index in [1.807, 2.05) is 0 Å². The van der Waals surface area contributed by atoms with Gasteiger partial charge in [-0.05, 0) is 60.6 Å². The SMILES string of the molecule is O=S(=O)(c1cccc(C(F)(F)F)c1)N1C[C@H]2CC[C@H](NCc3ccc(F)cc3)[C@H]2C1. The first-order valence-electron chi connectivity index (χ1n) is 9.80. The standard InChI is InChI=1S/C21H22F4N2O2S/c22-17-7-4-14(5-8-17)11-26-20-9-6-15-12-27(13-19(15)20)30(28,29)18-3-1-2-16(10-18)21(23,24)25/h1-5,7-8,10,15,19-20,26H,6,9,11-13H2/t15-,19+,20+/m1/s1. The predicted molar refractivity (Wildman–Crippen MR) is 103 cm³/mol. The van der Waals surface area contributed by atoms with Gasteiger partial charge in [0.15, 0.2) is 0 Å². The Bertz CT molecular complexity index is 1010. The Morgan fingerprint density at radius 3 is 2.47 bits per heavy atom. The van der Waals surface area contributed by atoms with Gasteiger partial charge in [-0.25, -0.2) is 12.8 Å². The first-order chi connectivity index (χ1) is 14.1. The molecule has 0 aromatic heterocycles. The van der Waals surface area contributed by atoms with Gasteiger partial charge < -0.3 is 5.32 Å². The largest absolute Gasteiger partial charge is 0.416 e. The van der Waals surface area contributed by atoms with Crippen molar-refractivity contribution in [1.82, 2.24) is 9.62 Å². The van der Waals surface area contributed by atoms with Crippen LogP contribution in [0.1, 0.15) is 24.0 Å². The fraction of sp³-hybridized carbons (Fsp3) is 0.429. The third-order valence-electron chi connectivity index (χ3n) is 6.10. The number of rotatable bonds is 5. The van der Waals surface area contributed by atoms with Crippen LogP contribution < -0.4 is 5.32 Å². The number of hydrogen-bond donors (Lipinski definition) is 1. The Labute approximate surface area is 172 Å². The van der Waals surface area contributed by atoms with Gasteiger partial charge in [-0.15, -0.1) is 0 Å². The molecule has 2 aromatic carbocycles. The molecule has 9 heteroatoms. The molecule has 0 unspecified atom stereocenters. The van der Waals surface area contributed by atoms with Gasteiger partial charge in [-0.1, -0.05) is 18.2 Å². The van der Waals surface area contributed by atoms with Crippen molar-refractivity contribution in [2.45, 2.75) is 36.5 Å². The molecule has 0 amide bonds. The number of nitrogens with zero attached hydrogens (tertiary/aromatic N) is 1. The third-order valence-corrected chi connectivity index (χ3v) is 7.93. The molecule has 1 heterocycles. The molecule has 0 radical (unpaired) electrons. The van der Waals surface area contributed by atoms with Crippen LogP contribution in [0.4, 0.5) is 17.6 Å². The smallest absolute Gasteiger partial charge is 0.310 e. The van der Waals surface area contributed by atoms with E-state index in [2.05, 4.69) is 5.32 Å². The number of hydrogen-bond acceptors (Lipinski definition) is 3. The first-order valence-corrected chi connectivity index (χ1v) is 11.2. The van der Waals surface area contributed by atoms with Crippen LogP contribution in [0.15, 0.2) is 53.4 Å². The zero-order chi connectivity index (χ0) is 21.5. The molecule has 0 bridgehead atoms. The summed E-state index contributed by atoms with van der Waals surface area (Å²) in [4.78, 5) is -0.326. The van der Waals surface area contributed by atoms with Crippen molar-refractivity contribution < 1.29 is 26.0 Å². The molecule has 1 N–H and O–H groups in total. The number of sulfonamides is 1. The van der Waals surface area contributed by atoms with Gasteiger partial charge in [0.05, 0.1) is 10.5 Å². The Hall–Kier alpha value is -1.97. The van der Waals surface area contributed by atoms with Gasteiger partial charge in [0.2, 0.25) is 10.0 Å². The first kappa shape index (κ1) is 21.3. The number of halogens is 4.